The minimum Gasteiger partial charge on any atom is -0.324 e. The van der Waals surface area contributed by atoms with Crippen molar-refractivity contribution in [1.82, 2.24) is 9.55 Å². The summed E-state index contributed by atoms with van der Waals surface area (Å²) < 4.78 is 37.8. The average Bonchev–Trinajstić information content (AvgIpc) is 2.73. The zero-order valence-electron chi connectivity index (χ0n) is 12.4. The van der Waals surface area contributed by atoms with Gasteiger partial charge in [0.25, 0.3) is 0 Å². The van der Waals surface area contributed by atoms with Gasteiger partial charge in [-0.3, -0.25) is 0 Å². The minimum atomic E-state index is -3.07. The molecule has 2 N–H and O–H groups in total. The van der Waals surface area contributed by atoms with E-state index in [-0.39, 0.29) is 24.0 Å². The van der Waals surface area contributed by atoms with Gasteiger partial charge in [-0.15, -0.1) is 0 Å². The molecule has 0 saturated carbocycles. The Labute approximate surface area is 123 Å². The molecular formula is C14H20FN3O2S. The number of aromatic nitrogens is 2. The van der Waals surface area contributed by atoms with E-state index in [2.05, 4.69) is 4.98 Å². The number of benzene rings is 1. The van der Waals surface area contributed by atoms with Crippen molar-refractivity contribution in [2.45, 2.75) is 32.4 Å². The zero-order chi connectivity index (χ0) is 15.8. The molecule has 1 aromatic carbocycles. The van der Waals surface area contributed by atoms with Crippen LogP contribution in [-0.4, -0.2) is 30.0 Å². The van der Waals surface area contributed by atoms with Crippen LogP contribution in [0.1, 0.15) is 38.2 Å². The topological polar surface area (TPSA) is 78.0 Å². The van der Waals surface area contributed by atoms with Crippen molar-refractivity contribution in [3.63, 3.8) is 0 Å². The van der Waals surface area contributed by atoms with Gasteiger partial charge in [-0.2, -0.15) is 0 Å². The van der Waals surface area contributed by atoms with Gasteiger partial charge >= 0.3 is 0 Å². The molecule has 1 aromatic heterocycles. The predicted octanol–water partition coefficient (Wildman–Crippen LogP) is 2.19. The molecule has 0 spiro atoms. The summed E-state index contributed by atoms with van der Waals surface area (Å²) in [6.07, 6.45) is 1.47. The molecule has 1 unspecified atom stereocenters. The summed E-state index contributed by atoms with van der Waals surface area (Å²) in [5.74, 6) is 0.263. The fraction of sp³-hybridized carbons (Fsp3) is 0.500. The smallest absolute Gasteiger partial charge is 0.147 e. The van der Waals surface area contributed by atoms with Gasteiger partial charge in [0.05, 0.1) is 22.8 Å². The van der Waals surface area contributed by atoms with Gasteiger partial charge in [-0.25, -0.2) is 17.8 Å². The van der Waals surface area contributed by atoms with Gasteiger partial charge in [0, 0.05) is 12.3 Å². The summed E-state index contributed by atoms with van der Waals surface area (Å²) in [4.78, 5) is 4.45. The van der Waals surface area contributed by atoms with Crippen LogP contribution in [0.2, 0.25) is 0 Å². The summed E-state index contributed by atoms with van der Waals surface area (Å²) in [5, 5.41) is 0. The van der Waals surface area contributed by atoms with Crippen molar-refractivity contribution < 1.29 is 12.8 Å². The molecule has 0 aliphatic carbocycles. The Kier molecular flexibility index (Phi) is 4.34. The predicted molar refractivity (Wildman–Crippen MR) is 81.3 cm³/mol. The van der Waals surface area contributed by atoms with Gasteiger partial charge < -0.3 is 10.3 Å². The number of nitrogens with two attached hydrogens (primary N) is 1. The molecule has 7 heteroatoms. The number of sulfone groups is 1. The van der Waals surface area contributed by atoms with Crippen molar-refractivity contribution in [2.24, 2.45) is 5.73 Å². The second kappa shape index (κ2) is 5.73. The zero-order valence-corrected chi connectivity index (χ0v) is 13.2. The lowest BCUT2D eigenvalue weighted by Gasteiger charge is -2.17. The first kappa shape index (κ1) is 15.9. The number of fused-ring (bicyclic) bond motifs is 1. The van der Waals surface area contributed by atoms with Crippen LogP contribution in [-0.2, 0) is 9.84 Å². The van der Waals surface area contributed by atoms with Crippen molar-refractivity contribution in [2.75, 3.05) is 12.0 Å². The molecule has 21 heavy (non-hydrogen) atoms. The molecule has 0 bridgehead atoms. The third kappa shape index (κ3) is 3.59. The summed E-state index contributed by atoms with van der Waals surface area (Å²) in [6, 6.07) is 3.94. The Bertz CT molecular complexity index is 753. The fourth-order valence-corrected chi connectivity index (χ4v) is 3.04. The second-order valence-electron chi connectivity index (χ2n) is 5.59. The van der Waals surface area contributed by atoms with Crippen LogP contribution in [0.4, 0.5) is 4.39 Å². The van der Waals surface area contributed by atoms with Gasteiger partial charge in [0.15, 0.2) is 0 Å². The summed E-state index contributed by atoms with van der Waals surface area (Å²) in [7, 11) is -3.07. The maximum Gasteiger partial charge on any atom is 0.147 e. The molecule has 2 aromatic rings. The minimum absolute atomic E-state index is 0.00380. The second-order valence-corrected chi connectivity index (χ2v) is 7.85. The molecule has 116 valence electrons. The highest BCUT2D eigenvalue weighted by Crippen LogP contribution is 2.26. The lowest BCUT2D eigenvalue weighted by molar-refractivity contribution is 0.530. The van der Waals surface area contributed by atoms with Crippen LogP contribution in [0.25, 0.3) is 11.0 Å². The van der Waals surface area contributed by atoms with Crippen LogP contribution in [0.3, 0.4) is 0 Å². The summed E-state index contributed by atoms with van der Waals surface area (Å²) in [5.41, 5.74) is 7.44. The van der Waals surface area contributed by atoms with E-state index in [1.54, 1.807) is 6.07 Å². The van der Waals surface area contributed by atoms with Gasteiger partial charge in [0.2, 0.25) is 0 Å². The molecule has 1 heterocycles. The largest absolute Gasteiger partial charge is 0.324 e. The van der Waals surface area contributed by atoms with Gasteiger partial charge in [0.1, 0.15) is 21.5 Å². The van der Waals surface area contributed by atoms with Crippen molar-refractivity contribution in [3.8, 4) is 0 Å². The molecular weight excluding hydrogens is 293 g/mol. The van der Waals surface area contributed by atoms with Crippen LogP contribution < -0.4 is 5.73 Å². The Balaban J connectivity index is 2.45. The van der Waals surface area contributed by atoms with E-state index in [1.807, 2.05) is 18.4 Å². The normalized spacial score (nSPS) is 14.0. The Hall–Kier alpha value is -1.47. The van der Waals surface area contributed by atoms with E-state index >= 15 is 0 Å². The van der Waals surface area contributed by atoms with E-state index in [0.717, 1.165) is 0 Å². The van der Waals surface area contributed by atoms with E-state index in [9.17, 15) is 12.8 Å². The van der Waals surface area contributed by atoms with Crippen LogP contribution >= 0.6 is 0 Å². The number of rotatable bonds is 5. The van der Waals surface area contributed by atoms with Crippen molar-refractivity contribution in [1.29, 1.82) is 0 Å². The molecule has 1 atom stereocenters. The monoisotopic (exact) mass is 313 g/mol. The molecule has 5 nitrogen and oxygen atoms in total. The maximum absolute atomic E-state index is 13.4. The molecule has 0 aliphatic rings. The SMILES string of the molecule is CC(C)n1c(C(N)CCS(C)(=O)=O)nc2ccc(F)cc21. The molecule has 0 radical (unpaired) electrons. The molecule has 0 saturated heterocycles. The summed E-state index contributed by atoms with van der Waals surface area (Å²) >= 11 is 0. The first-order valence-corrected chi connectivity index (χ1v) is 8.86. The molecule has 0 aliphatic heterocycles. The first-order chi connectivity index (χ1) is 9.69. The fourth-order valence-electron chi connectivity index (χ4n) is 2.36. The number of hydrogen-bond donors (Lipinski definition) is 1. The highest BCUT2D eigenvalue weighted by Gasteiger charge is 2.20. The third-order valence-corrected chi connectivity index (χ3v) is 4.30. The number of hydrogen-bond acceptors (Lipinski definition) is 4. The number of imidazole rings is 1. The van der Waals surface area contributed by atoms with Crippen molar-refractivity contribution >= 4 is 20.9 Å². The lowest BCUT2D eigenvalue weighted by atomic mass is 10.2. The van der Waals surface area contributed by atoms with Crippen LogP contribution in [0.15, 0.2) is 18.2 Å². The molecule has 0 fully saturated rings. The molecule has 0 amide bonds. The third-order valence-electron chi connectivity index (χ3n) is 3.33. The standard InChI is InChI=1S/C14H20FN3O2S/c1-9(2)18-13-8-10(15)4-5-12(13)17-14(18)11(16)6-7-21(3,19)20/h4-5,8-9,11H,6-7,16H2,1-3H3. The average molecular weight is 313 g/mol. The quantitative estimate of drug-likeness (QED) is 0.918. The highest BCUT2D eigenvalue weighted by atomic mass is 32.2. The number of halogens is 1. The number of nitrogens with zero attached hydrogens (tertiary/aromatic N) is 2. The Morgan fingerprint density at radius 1 is 1.38 bits per heavy atom. The van der Waals surface area contributed by atoms with Crippen LogP contribution in [0.5, 0.6) is 0 Å². The maximum atomic E-state index is 13.4. The van der Waals surface area contributed by atoms with E-state index in [4.69, 9.17) is 5.73 Å². The Morgan fingerprint density at radius 2 is 2.05 bits per heavy atom. The van der Waals surface area contributed by atoms with E-state index in [1.165, 1.54) is 18.4 Å². The van der Waals surface area contributed by atoms with Crippen molar-refractivity contribution in [3.05, 3.63) is 29.8 Å². The molecule has 2 rings (SSSR count). The first-order valence-electron chi connectivity index (χ1n) is 6.79. The van der Waals surface area contributed by atoms with Gasteiger partial charge in [-0.05, 0) is 38.5 Å². The lowest BCUT2D eigenvalue weighted by Crippen LogP contribution is -2.20. The van der Waals surface area contributed by atoms with Gasteiger partial charge in [-0.1, -0.05) is 0 Å². The summed E-state index contributed by atoms with van der Waals surface area (Å²) in [6.45, 7) is 3.91. The van der Waals surface area contributed by atoms with E-state index in [0.29, 0.717) is 16.9 Å². The van der Waals surface area contributed by atoms with Crippen LogP contribution in [0, 0.1) is 5.82 Å². The highest BCUT2D eigenvalue weighted by molar-refractivity contribution is 7.90. The van der Waals surface area contributed by atoms with E-state index < -0.39 is 15.9 Å². The Morgan fingerprint density at radius 3 is 2.62 bits per heavy atom.